The summed E-state index contributed by atoms with van der Waals surface area (Å²) in [5, 5.41) is 0. The number of rotatable bonds is 2. The number of benzene rings is 2. The largest absolute Gasteiger partial charge is 0.0901 e. The summed E-state index contributed by atoms with van der Waals surface area (Å²) < 4.78 is 1.28. The van der Waals surface area contributed by atoms with Gasteiger partial charge in [-0.05, 0) is 59.8 Å². The van der Waals surface area contributed by atoms with E-state index in [0.717, 1.165) is 0 Å². The number of hydrogen-bond donors (Lipinski definition) is 0. The highest BCUT2D eigenvalue weighted by Gasteiger charge is 1.97. The molecule has 0 saturated heterocycles. The summed E-state index contributed by atoms with van der Waals surface area (Å²) in [5.74, 6) is 0. The van der Waals surface area contributed by atoms with Crippen LogP contribution in [0.4, 0.5) is 0 Å². The summed E-state index contributed by atoms with van der Waals surface area (Å²) in [7, 11) is 0. The first-order valence-corrected chi connectivity index (χ1v) is 6.64. The monoisotopic (exact) mass is 326 g/mol. The van der Waals surface area contributed by atoms with Gasteiger partial charge < -0.3 is 0 Å². The molecule has 76 valence electrons. The zero-order valence-corrected chi connectivity index (χ0v) is 11.4. The predicted octanol–water partition coefficient (Wildman–Crippen LogP) is 4.75. The Kier molecular flexibility index (Phi) is 3.70. The maximum Gasteiger partial charge on any atom is 0.0141 e. The van der Waals surface area contributed by atoms with Crippen molar-refractivity contribution in [1.82, 2.24) is 0 Å². The van der Waals surface area contributed by atoms with Crippen LogP contribution in [-0.2, 0) is 0 Å². The molecule has 0 amide bonds. The van der Waals surface area contributed by atoms with E-state index in [9.17, 15) is 0 Å². The third kappa shape index (κ3) is 3.24. The molecule has 0 atom stereocenters. The van der Waals surface area contributed by atoms with Gasteiger partial charge in [0, 0.05) is 13.4 Å². The fourth-order valence-corrected chi connectivity index (χ4v) is 3.10. The summed E-state index contributed by atoms with van der Waals surface area (Å²) in [6.45, 7) is 2.12. The molecule has 2 aromatic carbocycles. The Labute approximate surface area is 108 Å². The average Bonchev–Trinajstić information content (AvgIpc) is 2.17. The Morgan fingerprint density at radius 1 is 0.933 bits per heavy atom. The fourth-order valence-electron chi connectivity index (χ4n) is 1.35. The normalized spacial score (nSPS) is 10.3. The Hall–Kier alpha value is -0.480. The Morgan fingerprint density at radius 2 is 1.60 bits per heavy atom. The minimum Gasteiger partial charge on any atom is -0.0901 e. The van der Waals surface area contributed by atoms with Crippen molar-refractivity contribution < 1.29 is 0 Å². The fraction of sp³-hybridized carbons (Fsp3) is 0.0769. The van der Waals surface area contributed by atoms with Crippen molar-refractivity contribution in [3.05, 3.63) is 57.7 Å². The molecule has 0 N–H and O–H groups in total. The third-order valence-corrected chi connectivity index (χ3v) is 3.67. The minimum atomic E-state index is 1.28. The van der Waals surface area contributed by atoms with E-state index in [4.69, 9.17) is 0 Å². The molecular weight excluding hydrogens is 315 g/mol. The van der Waals surface area contributed by atoms with Crippen molar-refractivity contribution in [1.29, 1.82) is 0 Å². The predicted molar refractivity (Wildman–Crippen MR) is 74.5 cm³/mol. The van der Waals surface area contributed by atoms with E-state index in [1.807, 2.05) is 11.8 Å². The van der Waals surface area contributed by atoms with E-state index in [1.165, 1.54) is 18.9 Å². The first-order valence-electron chi connectivity index (χ1n) is 4.74. The van der Waals surface area contributed by atoms with E-state index in [2.05, 4.69) is 78.0 Å². The second kappa shape index (κ2) is 5.03. The molecule has 0 radical (unpaired) electrons. The lowest BCUT2D eigenvalue weighted by atomic mass is 10.2. The van der Waals surface area contributed by atoms with Gasteiger partial charge in [-0.25, -0.2) is 0 Å². The van der Waals surface area contributed by atoms with Crippen LogP contribution in [0.1, 0.15) is 5.56 Å². The molecule has 0 aliphatic carbocycles. The van der Waals surface area contributed by atoms with Crippen molar-refractivity contribution in [2.75, 3.05) is 0 Å². The average molecular weight is 326 g/mol. The van der Waals surface area contributed by atoms with Gasteiger partial charge >= 0.3 is 0 Å². The van der Waals surface area contributed by atoms with Crippen LogP contribution in [0.25, 0.3) is 0 Å². The quantitative estimate of drug-likeness (QED) is 0.718. The van der Waals surface area contributed by atoms with Gasteiger partial charge in [0.2, 0.25) is 0 Å². The van der Waals surface area contributed by atoms with Crippen molar-refractivity contribution >= 4 is 34.4 Å². The summed E-state index contributed by atoms with van der Waals surface area (Å²) in [5.41, 5.74) is 1.31. The zero-order chi connectivity index (χ0) is 10.7. The van der Waals surface area contributed by atoms with Gasteiger partial charge in [-0.15, -0.1) is 0 Å². The standard InChI is InChI=1S/C13H11IS/c1-10-4-2-6-12(8-10)15-13-7-3-5-11(14)9-13/h2-9H,1H3. The molecule has 2 heteroatoms. The van der Waals surface area contributed by atoms with E-state index in [1.54, 1.807) is 0 Å². The minimum absolute atomic E-state index is 1.28. The topological polar surface area (TPSA) is 0 Å². The van der Waals surface area contributed by atoms with Crippen molar-refractivity contribution in [3.63, 3.8) is 0 Å². The molecule has 0 aliphatic rings. The van der Waals surface area contributed by atoms with Crippen molar-refractivity contribution in [3.8, 4) is 0 Å². The molecule has 0 fully saturated rings. The molecule has 0 unspecified atom stereocenters. The maximum atomic E-state index is 2.34. The highest BCUT2D eigenvalue weighted by Crippen LogP contribution is 2.28. The van der Waals surface area contributed by atoms with Crippen molar-refractivity contribution in [2.45, 2.75) is 16.7 Å². The Balaban J connectivity index is 2.22. The number of aryl methyl sites for hydroxylation is 1. The van der Waals surface area contributed by atoms with Gasteiger partial charge in [-0.3, -0.25) is 0 Å². The smallest absolute Gasteiger partial charge is 0.0141 e. The first-order chi connectivity index (χ1) is 7.24. The van der Waals surface area contributed by atoms with E-state index < -0.39 is 0 Å². The van der Waals surface area contributed by atoms with E-state index >= 15 is 0 Å². The van der Waals surface area contributed by atoms with Crippen LogP contribution in [-0.4, -0.2) is 0 Å². The molecule has 0 bridgehead atoms. The van der Waals surface area contributed by atoms with Crippen LogP contribution in [0.3, 0.4) is 0 Å². The second-order valence-corrected chi connectivity index (χ2v) is 5.77. The van der Waals surface area contributed by atoms with Gasteiger partial charge in [-0.2, -0.15) is 0 Å². The van der Waals surface area contributed by atoms with Crippen LogP contribution < -0.4 is 0 Å². The maximum absolute atomic E-state index is 2.34. The highest BCUT2D eigenvalue weighted by molar-refractivity contribution is 14.1. The molecule has 0 aliphatic heterocycles. The van der Waals surface area contributed by atoms with Crippen molar-refractivity contribution in [2.24, 2.45) is 0 Å². The summed E-state index contributed by atoms with van der Waals surface area (Å²) >= 11 is 4.15. The van der Waals surface area contributed by atoms with Crippen LogP contribution in [0, 0.1) is 10.5 Å². The third-order valence-electron chi connectivity index (χ3n) is 2.02. The summed E-state index contributed by atoms with van der Waals surface area (Å²) in [4.78, 5) is 2.60. The molecule has 15 heavy (non-hydrogen) atoms. The molecule has 2 aromatic rings. The molecule has 0 spiro atoms. The number of halogens is 1. The highest BCUT2D eigenvalue weighted by atomic mass is 127. The SMILES string of the molecule is Cc1cccc(Sc2cccc(I)c2)c1. The van der Waals surface area contributed by atoms with Crippen LogP contribution >= 0.6 is 34.4 Å². The van der Waals surface area contributed by atoms with Gasteiger partial charge in [0.15, 0.2) is 0 Å². The molecule has 2 rings (SSSR count). The first kappa shape index (κ1) is 11.0. The zero-order valence-electron chi connectivity index (χ0n) is 8.41. The van der Waals surface area contributed by atoms with Crippen LogP contribution in [0.2, 0.25) is 0 Å². The Morgan fingerprint density at radius 3 is 2.27 bits per heavy atom. The van der Waals surface area contributed by atoms with Gasteiger partial charge in [0.1, 0.15) is 0 Å². The number of hydrogen-bond acceptors (Lipinski definition) is 1. The molecule has 0 nitrogen and oxygen atoms in total. The summed E-state index contributed by atoms with van der Waals surface area (Å²) in [6.07, 6.45) is 0. The second-order valence-electron chi connectivity index (χ2n) is 3.38. The molecular formula is C13H11IS. The lowest BCUT2D eigenvalue weighted by molar-refractivity contribution is 1.34. The van der Waals surface area contributed by atoms with Crippen LogP contribution in [0.15, 0.2) is 58.3 Å². The van der Waals surface area contributed by atoms with Gasteiger partial charge in [-0.1, -0.05) is 35.5 Å². The molecule has 0 saturated carbocycles. The Bertz CT molecular complexity index is 422. The van der Waals surface area contributed by atoms with Gasteiger partial charge in [0.05, 0.1) is 0 Å². The van der Waals surface area contributed by atoms with E-state index in [-0.39, 0.29) is 0 Å². The summed E-state index contributed by atoms with van der Waals surface area (Å²) in [6, 6.07) is 17.1. The lowest BCUT2D eigenvalue weighted by Gasteiger charge is -2.02. The molecule has 0 heterocycles. The van der Waals surface area contributed by atoms with Gasteiger partial charge in [0.25, 0.3) is 0 Å². The van der Waals surface area contributed by atoms with E-state index in [0.29, 0.717) is 0 Å². The lowest BCUT2D eigenvalue weighted by Crippen LogP contribution is -1.76. The molecule has 0 aromatic heterocycles. The van der Waals surface area contributed by atoms with Crippen LogP contribution in [0.5, 0.6) is 0 Å².